The second-order valence-electron chi connectivity index (χ2n) is 4.50. The number of aliphatic carboxylic acids is 1. The highest BCUT2D eigenvalue weighted by Crippen LogP contribution is 2.27. The van der Waals surface area contributed by atoms with Crippen LogP contribution >= 0.6 is 11.6 Å². The summed E-state index contributed by atoms with van der Waals surface area (Å²) in [4.78, 5) is 34.5. The molecule has 1 amide bonds. The molecule has 1 saturated heterocycles. The van der Waals surface area contributed by atoms with Crippen LogP contribution in [0.1, 0.15) is 16.8 Å². The molecule has 1 fully saturated rings. The number of rotatable bonds is 3. The molecule has 8 heteroatoms. The highest BCUT2D eigenvalue weighted by Gasteiger charge is 2.31. The van der Waals surface area contributed by atoms with Crippen LogP contribution in [0.25, 0.3) is 0 Å². The Morgan fingerprint density at radius 1 is 1.45 bits per heavy atom. The third kappa shape index (κ3) is 2.72. The smallest absolute Gasteiger partial charge is 0.308 e. The average Bonchev–Trinajstić information content (AvgIpc) is 2.87. The number of benzene rings is 1. The van der Waals surface area contributed by atoms with Gasteiger partial charge >= 0.3 is 5.97 Å². The number of halogens is 1. The normalized spacial score (nSPS) is 18.1. The van der Waals surface area contributed by atoms with Crippen LogP contribution in [0.5, 0.6) is 0 Å². The Morgan fingerprint density at radius 2 is 2.15 bits per heavy atom. The first-order valence-electron chi connectivity index (χ1n) is 5.86. The maximum Gasteiger partial charge on any atom is 0.308 e. The lowest BCUT2D eigenvalue weighted by Gasteiger charge is -2.15. The van der Waals surface area contributed by atoms with E-state index < -0.39 is 22.7 Å². The number of carbonyl (C=O) groups excluding carboxylic acids is 1. The Bertz CT molecular complexity index is 589. The topological polar surface area (TPSA) is 101 Å². The minimum Gasteiger partial charge on any atom is -0.481 e. The van der Waals surface area contributed by atoms with Crippen LogP contribution < -0.4 is 0 Å². The van der Waals surface area contributed by atoms with E-state index in [1.54, 1.807) is 0 Å². The molecule has 7 nitrogen and oxygen atoms in total. The van der Waals surface area contributed by atoms with E-state index in [0.717, 1.165) is 6.07 Å². The molecule has 1 heterocycles. The summed E-state index contributed by atoms with van der Waals surface area (Å²) in [5.41, 5.74) is -0.210. The first kappa shape index (κ1) is 14.3. The van der Waals surface area contributed by atoms with Crippen LogP contribution in [-0.2, 0) is 4.79 Å². The lowest BCUT2D eigenvalue weighted by molar-refractivity contribution is -0.384. The number of carbonyl (C=O) groups is 2. The van der Waals surface area contributed by atoms with Crippen molar-refractivity contribution in [1.82, 2.24) is 4.90 Å². The second kappa shape index (κ2) is 5.46. The number of carboxylic acids is 1. The van der Waals surface area contributed by atoms with Gasteiger partial charge in [-0.2, -0.15) is 0 Å². The summed E-state index contributed by atoms with van der Waals surface area (Å²) in [5.74, 6) is -1.95. The molecule has 106 valence electrons. The maximum absolute atomic E-state index is 12.2. The number of nitrogens with zero attached hydrogens (tertiary/aromatic N) is 2. The quantitative estimate of drug-likeness (QED) is 0.677. The van der Waals surface area contributed by atoms with E-state index in [0.29, 0.717) is 13.0 Å². The van der Waals surface area contributed by atoms with Crippen molar-refractivity contribution in [2.24, 2.45) is 5.92 Å². The Balaban J connectivity index is 2.20. The van der Waals surface area contributed by atoms with Crippen molar-refractivity contribution in [3.8, 4) is 0 Å². The molecule has 2 rings (SSSR count). The van der Waals surface area contributed by atoms with Gasteiger partial charge in [0.1, 0.15) is 5.02 Å². The van der Waals surface area contributed by atoms with Gasteiger partial charge < -0.3 is 10.0 Å². The van der Waals surface area contributed by atoms with Gasteiger partial charge in [0, 0.05) is 24.7 Å². The fourth-order valence-electron chi connectivity index (χ4n) is 2.11. The number of nitro groups is 1. The second-order valence-corrected chi connectivity index (χ2v) is 4.91. The zero-order valence-electron chi connectivity index (χ0n) is 10.3. The fourth-order valence-corrected chi connectivity index (χ4v) is 2.30. The highest BCUT2D eigenvalue weighted by molar-refractivity contribution is 6.32. The number of likely N-dealkylation sites (tertiary alicyclic amines) is 1. The fraction of sp³-hybridized carbons (Fsp3) is 0.333. The summed E-state index contributed by atoms with van der Waals surface area (Å²) >= 11 is 5.68. The Morgan fingerprint density at radius 3 is 2.70 bits per heavy atom. The molecule has 0 spiro atoms. The number of carboxylic acid groups (broad SMARTS) is 1. The highest BCUT2D eigenvalue weighted by atomic mass is 35.5. The number of nitro benzene ring substituents is 1. The Kier molecular flexibility index (Phi) is 3.89. The van der Waals surface area contributed by atoms with Crippen molar-refractivity contribution >= 4 is 29.2 Å². The van der Waals surface area contributed by atoms with Gasteiger partial charge in [-0.25, -0.2) is 0 Å². The molecule has 1 unspecified atom stereocenters. The van der Waals surface area contributed by atoms with Crippen molar-refractivity contribution in [2.75, 3.05) is 13.1 Å². The molecule has 0 bridgehead atoms. The molecule has 1 aromatic rings. The minimum atomic E-state index is -0.942. The van der Waals surface area contributed by atoms with Gasteiger partial charge in [0.2, 0.25) is 0 Å². The summed E-state index contributed by atoms with van der Waals surface area (Å²) in [6, 6.07) is 3.79. The number of hydrogen-bond donors (Lipinski definition) is 1. The summed E-state index contributed by atoms with van der Waals surface area (Å²) in [5, 5.41) is 19.6. The average molecular weight is 299 g/mol. The predicted molar refractivity (Wildman–Crippen MR) is 69.8 cm³/mol. The third-order valence-electron chi connectivity index (χ3n) is 3.21. The molecule has 1 aromatic carbocycles. The molecule has 1 N–H and O–H groups in total. The van der Waals surface area contributed by atoms with Crippen molar-refractivity contribution in [1.29, 1.82) is 0 Å². The molecule has 1 aliphatic rings. The van der Waals surface area contributed by atoms with Gasteiger partial charge in [-0.3, -0.25) is 19.7 Å². The standard InChI is InChI=1S/C12H11ClN2O5/c13-9-2-1-7(5-10(9)15(19)20)11(16)14-4-3-8(6-14)12(17)18/h1-2,5,8H,3-4,6H2,(H,17,18). The molecule has 20 heavy (non-hydrogen) atoms. The van der Waals surface area contributed by atoms with E-state index in [-0.39, 0.29) is 22.8 Å². The van der Waals surface area contributed by atoms with Gasteiger partial charge in [-0.1, -0.05) is 11.6 Å². The molecular weight excluding hydrogens is 288 g/mol. The van der Waals surface area contributed by atoms with Crippen LogP contribution in [0, 0.1) is 16.0 Å². The molecule has 1 aliphatic heterocycles. The van der Waals surface area contributed by atoms with E-state index in [2.05, 4.69) is 0 Å². The third-order valence-corrected chi connectivity index (χ3v) is 3.53. The largest absolute Gasteiger partial charge is 0.481 e. The zero-order valence-corrected chi connectivity index (χ0v) is 11.0. The van der Waals surface area contributed by atoms with Crippen molar-refractivity contribution in [3.63, 3.8) is 0 Å². The molecular formula is C12H11ClN2O5. The minimum absolute atomic E-state index is 0.0450. The van der Waals surface area contributed by atoms with Crippen molar-refractivity contribution < 1.29 is 19.6 Å². The molecule has 0 radical (unpaired) electrons. The van der Waals surface area contributed by atoms with E-state index in [4.69, 9.17) is 16.7 Å². The van der Waals surface area contributed by atoms with Crippen LogP contribution in [0.2, 0.25) is 5.02 Å². The van der Waals surface area contributed by atoms with Crippen LogP contribution in [0.4, 0.5) is 5.69 Å². The number of hydrogen-bond acceptors (Lipinski definition) is 4. The molecule has 0 aliphatic carbocycles. The predicted octanol–water partition coefficient (Wildman–Crippen LogP) is 1.79. The van der Waals surface area contributed by atoms with E-state index >= 15 is 0 Å². The van der Waals surface area contributed by atoms with Crippen LogP contribution in [0.3, 0.4) is 0 Å². The van der Waals surface area contributed by atoms with E-state index in [1.807, 2.05) is 0 Å². The van der Waals surface area contributed by atoms with E-state index in [1.165, 1.54) is 17.0 Å². The van der Waals surface area contributed by atoms with Gasteiger partial charge in [0.05, 0.1) is 10.8 Å². The van der Waals surface area contributed by atoms with E-state index in [9.17, 15) is 19.7 Å². The SMILES string of the molecule is O=C(O)C1CCN(C(=O)c2ccc(Cl)c([N+](=O)[O-])c2)C1. The Labute approximate surface area is 118 Å². The van der Waals surface area contributed by atoms with Crippen molar-refractivity contribution in [3.05, 3.63) is 38.9 Å². The Hall–Kier alpha value is -2.15. The van der Waals surface area contributed by atoms with Crippen LogP contribution in [0.15, 0.2) is 18.2 Å². The monoisotopic (exact) mass is 298 g/mol. The molecule has 0 aromatic heterocycles. The summed E-state index contributed by atoms with van der Waals surface area (Å²) in [6.07, 6.45) is 0.386. The zero-order chi connectivity index (χ0) is 14.9. The maximum atomic E-state index is 12.2. The number of amides is 1. The summed E-state index contributed by atoms with van der Waals surface area (Å²) in [6.45, 7) is 0.441. The first-order valence-corrected chi connectivity index (χ1v) is 6.24. The summed E-state index contributed by atoms with van der Waals surface area (Å²) < 4.78 is 0. The lowest BCUT2D eigenvalue weighted by Crippen LogP contribution is -2.29. The molecule has 0 saturated carbocycles. The van der Waals surface area contributed by atoms with Crippen molar-refractivity contribution in [2.45, 2.75) is 6.42 Å². The van der Waals surface area contributed by atoms with Gasteiger partial charge in [0.25, 0.3) is 11.6 Å². The van der Waals surface area contributed by atoms with Gasteiger partial charge in [0.15, 0.2) is 0 Å². The van der Waals surface area contributed by atoms with Crippen LogP contribution in [-0.4, -0.2) is 39.9 Å². The molecule has 1 atom stereocenters. The van der Waals surface area contributed by atoms with Gasteiger partial charge in [-0.05, 0) is 18.6 Å². The lowest BCUT2D eigenvalue weighted by atomic mass is 10.1. The van der Waals surface area contributed by atoms with Gasteiger partial charge in [-0.15, -0.1) is 0 Å². The first-order chi connectivity index (χ1) is 9.40. The summed E-state index contributed by atoms with van der Waals surface area (Å²) in [7, 11) is 0.